The van der Waals surface area contributed by atoms with Crippen molar-refractivity contribution in [1.82, 2.24) is 15.6 Å². The van der Waals surface area contributed by atoms with E-state index in [1.807, 2.05) is 0 Å². The summed E-state index contributed by atoms with van der Waals surface area (Å²) in [6, 6.07) is 1.78. The van der Waals surface area contributed by atoms with Gasteiger partial charge in [0.15, 0.2) is 0 Å². The Morgan fingerprint density at radius 3 is 3.00 bits per heavy atom. The molecule has 15 heavy (non-hydrogen) atoms. The van der Waals surface area contributed by atoms with Crippen LogP contribution in [-0.4, -0.2) is 29.5 Å². The summed E-state index contributed by atoms with van der Waals surface area (Å²) >= 11 is 3.30. The molecule has 1 unspecified atom stereocenters. The van der Waals surface area contributed by atoms with Crippen LogP contribution in [-0.2, 0) is 0 Å². The normalized spacial score (nSPS) is 25.5. The van der Waals surface area contributed by atoms with Crippen LogP contribution in [0.3, 0.4) is 0 Å². The maximum atomic E-state index is 11.8. The summed E-state index contributed by atoms with van der Waals surface area (Å²) in [5, 5.41) is 6.27. The van der Waals surface area contributed by atoms with Crippen LogP contribution in [0.25, 0.3) is 0 Å². The Bertz CT molecular complexity index is 368. The Balaban J connectivity index is 2.03. The summed E-state index contributed by atoms with van der Waals surface area (Å²) in [6.07, 6.45) is 2.73. The van der Waals surface area contributed by atoms with Gasteiger partial charge in [-0.05, 0) is 41.9 Å². The maximum absolute atomic E-state index is 11.8. The van der Waals surface area contributed by atoms with Crippen molar-refractivity contribution in [2.24, 2.45) is 0 Å². The largest absolute Gasteiger partial charge is 0.356 e. The molecule has 0 aliphatic carbocycles. The van der Waals surface area contributed by atoms with Crippen molar-refractivity contribution in [3.05, 3.63) is 22.4 Å². The summed E-state index contributed by atoms with van der Waals surface area (Å²) in [4.78, 5) is 14.7. The Morgan fingerprint density at radius 2 is 2.47 bits per heavy atom. The second-order valence-corrected chi connectivity index (χ2v) is 5.09. The first-order valence-electron chi connectivity index (χ1n) is 4.96. The molecule has 5 heteroatoms. The first-order chi connectivity index (χ1) is 7.09. The predicted molar refractivity (Wildman–Crippen MR) is 61.9 cm³/mol. The predicted octanol–water partition coefficient (Wildman–Crippen LogP) is 1.26. The zero-order valence-corrected chi connectivity index (χ0v) is 10.1. The topological polar surface area (TPSA) is 56.9 Å². The van der Waals surface area contributed by atoms with Crippen LogP contribution in [0.1, 0.15) is 23.8 Å². The number of hydrogen-bond acceptors (Lipinski definition) is 2. The quantitative estimate of drug-likeness (QED) is 0.759. The highest BCUT2D eigenvalue weighted by atomic mass is 79.9. The van der Waals surface area contributed by atoms with E-state index in [4.69, 9.17) is 0 Å². The van der Waals surface area contributed by atoms with Crippen LogP contribution in [0.5, 0.6) is 0 Å². The molecule has 4 nitrogen and oxygen atoms in total. The van der Waals surface area contributed by atoms with E-state index >= 15 is 0 Å². The fourth-order valence-electron chi connectivity index (χ4n) is 1.76. The third-order valence-corrected chi connectivity index (χ3v) is 3.13. The van der Waals surface area contributed by atoms with E-state index in [2.05, 4.69) is 38.5 Å². The summed E-state index contributed by atoms with van der Waals surface area (Å²) in [7, 11) is 0. The fourth-order valence-corrected chi connectivity index (χ4v) is 2.11. The van der Waals surface area contributed by atoms with E-state index < -0.39 is 0 Å². The highest BCUT2D eigenvalue weighted by Crippen LogP contribution is 2.15. The average Bonchev–Trinajstić information content (AvgIpc) is 2.75. The number of halogens is 1. The molecule has 82 valence electrons. The van der Waals surface area contributed by atoms with Crippen molar-refractivity contribution in [3.8, 4) is 0 Å². The number of aromatic amines is 1. The van der Waals surface area contributed by atoms with Crippen molar-refractivity contribution < 1.29 is 4.79 Å². The van der Waals surface area contributed by atoms with Crippen LogP contribution in [0, 0.1) is 0 Å². The van der Waals surface area contributed by atoms with Crippen molar-refractivity contribution >= 4 is 21.8 Å². The summed E-state index contributed by atoms with van der Waals surface area (Å²) < 4.78 is 0.891. The zero-order chi connectivity index (χ0) is 10.9. The SMILES string of the molecule is CC1(NC(=O)c2cc(Br)c[nH]2)CCNC1. The number of carbonyl (C=O) groups excluding carboxylic acids is 1. The monoisotopic (exact) mass is 271 g/mol. The molecule has 1 saturated heterocycles. The molecule has 3 N–H and O–H groups in total. The van der Waals surface area contributed by atoms with Crippen LogP contribution in [0.2, 0.25) is 0 Å². The number of H-pyrrole nitrogens is 1. The van der Waals surface area contributed by atoms with Gasteiger partial charge in [-0.2, -0.15) is 0 Å². The molecule has 1 aliphatic heterocycles. The molecule has 2 heterocycles. The lowest BCUT2D eigenvalue weighted by molar-refractivity contribution is 0.0908. The molecular formula is C10H14BrN3O. The van der Waals surface area contributed by atoms with Crippen molar-refractivity contribution in [2.75, 3.05) is 13.1 Å². The van der Waals surface area contributed by atoms with Gasteiger partial charge in [-0.1, -0.05) is 0 Å². The van der Waals surface area contributed by atoms with Gasteiger partial charge in [-0.15, -0.1) is 0 Å². The highest BCUT2D eigenvalue weighted by molar-refractivity contribution is 9.10. The first kappa shape index (κ1) is 10.7. The van der Waals surface area contributed by atoms with Gasteiger partial charge in [0.05, 0.1) is 5.54 Å². The summed E-state index contributed by atoms with van der Waals surface area (Å²) in [5.74, 6) is -0.0492. The lowest BCUT2D eigenvalue weighted by Crippen LogP contribution is -2.47. The van der Waals surface area contributed by atoms with Crippen molar-refractivity contribution in [1.29, 1.82) is 0 Å². The molecule has 1 amide bonds. The molecule has 0 saturated carbocycles. The van der Waals surface area contributed by atoms with Crippen LogP contribution in [0.15, 0.2) is 16.7 Å². The van der Waals surface area contributed by atoms with Gasteiger partial charge in [0.1, 0.15) is 5.69 Å². The minimum absolute atomic E-state index is 0.0492. The third kappa shape index (κ3) is 2.41. The van der Waals surface area contributed by atoms with Gasteiger partial charge in [-0.3, -0.25) is 4.79 Å². The summed E-state index contributed by atoms with van der Waals surface area (Å²) in [5.41, 5.74) is 0.476. The molecule has 1 atom stereocenters. The van der Waals surface area contributed by atoms with E-state index in [1.165, 1.54) is 0 Å². The number of nitrogens with one attached hydrogen (secondary N) is 3. The van der Waals surface area contributed by atoms with Gasteiger partial charge >= 0.3 is 0 Å². The van der Waals surface area contributed by atoms with E-state index in [9.17, 15) is 4.79 Å². The standard InChI is InChI=1S/C10H14BrN3O/c1-10(2-3-12-6-10)14-9(15)8-4-7(11)5-13-8/h4-5,12-13H,2-3,6H2,1H3,(H,14,15). The molecule has 2 rings (SSSR count). The van der Waals surface area contributed by atoms with E-state index in [0.717, 1.165) is 24.0 Å². The van der Waals surface area contributed by atoms with Crippen LogP contribution in [0.4, 0.5) is 0 Å². The molecule has 1 aliphatic rings. The van der Waals surface area contributed by atoms with Gasteiger partial charge < -0.3 is 15.6 Å². The number of aromatic nitrogens is 1. The molecule has 1 aromatic heterocycles. The maximum Gasteiger partial charge on any atom is 0.268 e. The summed E-state index contributed by atoms with van der Waals surface area (Å²) in [6.45, 7) is 3.86. The third-order valence-electron chi connectivity index (χ3n) is 2.68. The molecule has 0 spiro atoms. The lowest BCUT2D eigenvalue weighted by Gasteiger charge is -2.23. The number of amides is 1. The van der Waals surface area contributed by atoms with E-state index in [-0.39, 0.29) is 11.4 Å². The molecule has 0 radical (unpaired) electrons. The molecule has 0 aromatic carbocycles. The Labute approximate surface area is 97.0 Å². The smallest absolute Gasteiger partial charge is 0.268 e. The molecule has 0 bridgehead atoms. The Morgan fingerprint density at radius 1 is 1.67 bits per heavy atom. The van der Waals surface area contributed by atoms with Crippen LogP contribution >= 0.6 is 15.9 Å². The van der Waals surface area contributed by atoms with Crippen molar-refractivity contribution in [3.63, 3.8) is 0 Å². The molecule has 1 aromatic rings. The molecule has 1 fully saturated rings. The Hall–Kier alpha value is -0.810. The van der Waals surface area contributed by atoms with E-state index in [1.54, 1.807) is 12.3 Å². The highest BCUT2D eigenvalue weighted by Gasteiger charge is 2.30. The second kappa shape index (κ2) is 3.98. The van der Waals surface area contributed by atoms with Gasteiger partial charge in [0, 0.05) is 17.2 Å². The minimum Gasteiger partial charge on any atom is -0.356 e. The Kier molecular flexibility index (Phi) is 2.84. The number of rotatable bonds is 2. The minimum atomic E-state index is -0.116. The zero-order valence-electron chi connectivity index (χ0n) is 8.56. The number of carbonyl (C=O) groups is 1. The number of hydrogen-bond donors (Lipinski definition) is 3. The average molecular weight is 272 g/mol. The van der Waals surface area contributed by atoms with Gasteiger partial charge in [-0.25, -0.2) is 0 Å². The fraction of sp³-hybridized carbons (Fsp3) is 0.500. The first-order valence-corrected chi connectivity index (χ1v) is 5.76. The molecular weight excluding hydrogens is 258 g/mol. The van der Waals surface area contributed by atoms with Crippen LogP contribution < -0.4 is 10.6 Å². The van der Waals surface area contributed by atoms with E-state index in [0.29, 0.717) is 5.69 Å². The van der Waals surface area contributed by atoms with Gasteiger partial charge in [0.2, 0.25) is 0 Å². The lowest BCUT2D eigenvalue weighted by atomic mass is 10.0. The van der Waals surface area contributed by atoms with Gasteiger partial charge in [0.25, 0.3) is 5.91 Å². The van der Waals surface area contributed by atoms with Crippen molar-refractivity contribution in [2.45, 2.75) is 18.9 Å². The second-order valence-electron chi connectivity index (χ2n) is 4.17.